The second kappa shape index (κ2) is 5.61. The summed E-state index contributed by atoms with van der Waals surface area (Å²) in [5, 5.41) is 0. The summed E-state index contributed by atoms with van der Waals surface area (Å²) in [6, 6.07) is -0.437. The smallest absolute Gasteiger partial charge is 0.239 e. The van der Waals surface area contributed by atoms with Crippen LogP contribution in [0.4, 0.5) is 0 Å². The van der Waals surface area contributed by atoms with E-state index < -0.39 is 6.04 Å². The van der Waals surface area contributed by atoms with Crippen LogP contribution in [0.5, 0.6) is 0 Å². The molecule has 0 radical (unpaired) electrons. The zero-order chi connectivity index (χ0) is 12.3. The molecule has 0 saturated carbocycles. The second-order valence-corrected chi connectivity index (χ2v) is 4.56. The van der Waals surface area contributed by atoms with E-state index in [1.54, 1.807) is 19.1 Å². The molecule has 1 fully saturated rings. The van der Waals surface area contributed by atoms with Crippen LogP contribution in [0, 0.1) is 5.92 Å². The molecule has 94 valence electrons. The number of nitrogens with two attached hydrogens (primary N) is 1. The van der Waals surface area contributed by atoms with E-state index in [1.807, 2.05) is 13.8 Å². The zero-order valence-electron chi connectivity index (χ0n) is 10.5. The summed E-state index contributed by atoms with van der Waals surface area (Å²) in [5.74, 6) is 0.131. The Bertz CT molecular complexity index is 233. The average molecular weight is 230 g/mol. The number of ether oxygens (including phenoxy) is 2. The molecular formula is C11H22N2O3. The van der Waals surface area contributed by atoms with E-state index in [0.717, 1.165) is 0 Å². The molecule has 0 bridgehead atoms. The molecule has 1 rings (SSSR count). The second-order valence-electron chi connectivity index (χ2n) is 4.56. The highest BCUT2D eigenvalue weighted by atomic mass is 16.5. The minimum absolute atomic E-state index is 0.0170. The fourth-order valence-electron chi connectivity index (χ4n) is 1.87. The molecule has 0 aromatic rings. The van der Waals surface area contributed by atoms with Crippen LogP contribution in [-0.2, 0) is 14.3 Å². The monoisotopic (exact) mass is 230 g/mol. The lowest BCUT2D eigenvalue weighted by molar-refractivity contribution is -0.133. The third kappa shape index (κ3) is 2.72. The molecule has 1 saturated heterocycles. The fourth-order valence-corrected chi connectivity index (χ4v) is 1.87. The molecule has 2 N–H and O–H groups in total. The van der Waals surface area contributed by atoms with Crippen LogP contribution in [0.3, 0.4) is 0 Å². The van der Waals surface area contributed by atoms with Gasteiger partial charge in [0.15, 0.2) is 0 Å². The molecule has 5 heteroatoms. The number of hydrogen-bond acceptors (Lipinski definition) is 4. The van der Waals surface area contributed by atoms with Gasteiger partial charge in [-0.05, 0) is 5.92 Å². The summed E-state index contributed by atoms with van der Waals surface area (Å²) in [6.07, 6.45) is -0.0957. The Morgan fingerprint density at radius 2 is 1.69 bits per heavy atom. The van der Waals surface area contributed by atoms with Crippen molar-refractivity contribution < 1.29 is 14.3 Å². The van der Waals surface area contributed by atoms with E-state index in [4.69, 9.17) is 15.2 Å². The number of amides is 1. The first-order chi connectivity index (χ1) is 7.51. The number of likely N-dealkylation sites (tertiary alicyclic amines) is 1. The average Bonchev–Trinajstić information content (AvgIpc) is 2.69. The Morgan fingerprint density at radius 3 is 2.00 bits per heavy atom. The highest BCUT2D eigenvalue weighted by Crippen LogP contribution is 2.17. The van der Waals surface area contributed by atoms with Crippen LogP contribution in [0.2, 0.25) is 0 Å². The van der Waals surface area contributed by atoms with Gasteiger partial charge in [-0.2, -0.15) is 0 Å². The summed E-state index contributed by atoms with van der Waals surface area (Å²) >= 11 is 0. The van der Waals surface area contributed by atoms with Gasteiger partial charge in [0, 0.05) is 27.3 Å². The molecule has 16 heavy (non-hydrogen) atoms. The largest absolute Gasteiger partial charge is 0.377 e. The van der Waals surface area contributed by atoms with Crippen molar-refractivity contribution in [3.63, 3.8) is 0 Å². The Morgan fingerprint density at radius 1 is 1.25 bits per heavy atom. The molecule has 3 atom stereocenters. The number of carbonyl (C=O) groups is 1. The highest BCUT2D eigenvalue weighted by Gasteiger charge is 2.37. The lowest BCUT2D eigenvalue weighted by Crippen LogP contribution is -2.46. The van der Waals surface area contributed by atoms with E-state index in [9.17, 15) is 4.79 Å². The van der Waals surface area contributed by atoms with Gasteiger partial charge in [0.1, 0.15) is 12.2 Å². The van der Waals surface area contributed by atoms with Crippen molar-refractivity contribution >= 4 is 5.91 Å². The van der Waals surface area contributed by atoms with Gasteiger partial charge in [0.05, 0.1) is 6.04 Å². The number of hydrogen-bond donors (Lipinski definition) is 1. The first kappa shape index (κ1) is 13.4. The lowest BCUT2D eigenvalue weighted by Gasteiger charge is -2.22. The number of rotatable bonds is 4. The minimum atomic E-state index is -0.437. The van der Waals surface area contributed by atoms with Crippen molar-refractivity contribution in [1.82, 2.24) is 4.90 Å². The SMILES string of the molecule is COC1CN(C(=O)C(N)C(C)C)CC1OC. The van der Waals surface area contributed by atoms with Gasteiger partial charge >= 0.3 is 0 Å². The molecule has 1 aliphatic heterocycles. The van der Waals surface area contributed by atoms with Crippen LogP contribution < -0.4 is 5.73 Å². The molecular weight excluding hydrogens is 208 g/mol. The fraction of sp³-hybridized carbons (Fsp3) is 0.909. The molecule has 1 amide bonds. The maximum Gasteiger partial charge on any atom is 0.239 e. The van der Waals surface area contributed by atoms with Crippen molar-refractivity contribution in [2.75, 3.05) is 27.3 Å². The summed E-state index contributed by atoms with van der Waals surface area (Å²) in [6.45, 7) is 5.02. The van der Waals surface area contributed by atoms with Crippen LogP contribution in [0.1, 0.15) is 13.8 Å². The van der Waals surface area contributed by atoms with Gasteiger partial charge in [0.25, 0.3) is 0 Å². The van der Waals surface area contributed by atoms with Crippen molar-refractivity contribution in [1.29, 1.82) is 0 Å². The van der Waals surface area contributed by atoms with Gasteiger partial charge in [-0.15, -0.1) is 0 Å². The molecule has 5 nitrogen and oxygen atoms in total. The van der Waals surface area contributed by atoms with Crippen LogP contribution >= 0.6 is 0 Å². The summed E-state index contributed by atoms with van der Waals surface area (Å²) in [4.78, 5) is 13.7. The van der Waals surface area contributed by atoms with Gasteiger partial charge in [-0.1, -0.05) is 13.8 Å². The topological polar surface area (TPSA) is 64.8 Å². The third-order valence-electron chi connectivity index (χ3n) is 3.14. The molecule has 0 aromatic heterocycles. The molecule has 0 aromatic carbocycles. The van der Waals surface area contributed by atoms with Crippen molar-refractivity contribution in [3.8, 4) is 0 Å². The summed E-state index contributed by atoms with van der Waals surface area (Å²) in [7, 11) is 3.26. The van der Waals surface area contributed by atoms with E-state index in [1.165, 1.54) is 0 Å². The highest BCUT2D eigenvalue weighted by molar-refractivity contribution is 5.82. The Balaban J connectivity index is 2.60. The number of carbonyl (C=O) groups excluding carboxylic acids is 1. The number of methoxy groups -OCH3 is 2. The van der Waals surface area contributed by atoms with Gasteiger partial charge in [-0.25, -0.2) is 0 Å². The Kier molecular flexibility index (Phi) is 4.70. The quantitative estimate of drug-likeness (QED) is 0.729. The van der Waals surface area contributed by atoms with Crippen LogP contribution in [0.25, 0.3) is 0 Å². The third-order valence-corrected chi connectivity index (χ3v) is 3.14. The van der Waals surface area contributed by atoms with Crippen molar-refractivity contribution in [2.24, 2.45) is 11.7 Å². The molecule has 0 spiro atoms. The van der Waals surface area contributed by atoms with E-state index in [0.29, 0.717) is 13.1 Å². The minimum Gasteiger partial charge on any atom is -0.377 e. The van der Waals surface area contributed by atoms with Crippen molar-refractivity contribution in [3.05, 3.63) is 0 Å². The first-order valence-corrected chi connectivity index (χ1v) is 5.61. The zero-order valence-corrected chi connectivity index (χ0v) is 10.5. The number of nitrogens with zero attached hydrogens (tertiary/aromatic N) is 1. The summed E-state index contributed by atoms with van der Waals surface area (Å²) in [5.41, 5.74) is 5.84. The van der Waals surface area contributed by atoms with E-state index in [2.05, 4.69) is 0 Å². The van der Waals surface area contributed by atoms with Gasteiger partial charge in [-0.3, -0.25) is 4.79 Å². The molecule has 0 aliphatic carbocycles. The standard InChI is InChI=1S/C11H22N2O3/c1-7(2)10(12)11(14)13-5-8(15-3)9(6-13)16-4/h7-10H,5-6,12H2,1-4H3. The Hall–Kier alpha value is -0.650. The predicted octanol–water partition coefficient (Wildman–Crippen LogP) is -0.158. The van der Waals surface area contributed by atoms with Crippen LogP contribution in [-0.4, -0.2) is 56.4 Å². The molecule has 1 heterocycles. The molecule has 3 unspecified atom stereocenters. The van der Waals surface area contributed by atoms with Gasteiger partial charge < -0.3 is 20.1 Å². The molecule has 1 aliphatic rings. The van der Waals surface area contributed by atoms with E-state index in [-0.39, 0.29) is 24.0 Å². The Labute approximate surface area is 96.9 Å². The maximum absolute atomic E-state index is 12.0. The lowest BCUT2D eigenvalue weighted by atomic mass is 10.0. The summed E-state index contributed by atoms with van der Waals surface area (Å²) < 4.78 is 10.6. The van der Waals surface area contributed by atoms with Crippen molar-refractivity contribution in [2.45, 2.75) is 32.1 Å². The van der Waals surface area contributed by atoms with Gasteiger partial charge in [0.2, 0.25) is 5.91 Å². The van der Waals surface area contributed by atoms with Crippen LogP contribution in [0.15, 0.2) is 0 Å². The normalized spacial score (nSPS) is 27.5. The van der Waals surface area contributed by atoms with E-state index >= 15 is 0 Å². The first-order valence-electron chi connectivity index (χ1n) is 5.61. The predicted molar refractivity (Wildman–Crippen MR) is 61.0 cm³/mol. The maximum atomic E-state index is 12.0.